The monoisotopic (exact) mass is 892 g/mol. The number of hydrogen-bond donors (Lipinski definition) is 0. The van der Waals surface area contributed by atoms with Crippen molar-refractivity contribution in [3.8, 4) is 11.4 Å². The normalized spacial score (nSPS) is 12.6. The molecule has 0 spiro atoms. The standard InChI is InChI=1S/C60H32N2O5S/c63-68(35-19-23-51-43(31-35)59-55(66-51)27-25-53-57(59)41-29-33(17-21-49(41)64-53)61-45-13-5-1-9-37(45)38-10-2-6-14-46(38)61)36-20-24-52-44(32-36)60-56(67-52)28-26-54-58(60)42-30-34(18-22-50(42)65-54)62-47-15-7-3-11-39(47)40-12-4-8-16-48(40)62/h1-32H. The van der Waals surface area contributed by atoms with Crippen molar-refractivity contribution in [2.45, 2.75) is 9.79 Å². The third kappa shape index (κ3) is 4.86. The molecule has 0 bridgehead atoms. The summed E-state index contributed by atoms with van der Waals surface area (Å²) in [5.74, 6) is 0. The molecule has 0 radical (unpaired) electrons. The number of nitrogens with zero attached hydrogens (tertiary/aromatic N) is 2. The molecule has 0 amide bonds. The van der Waals surface area contributed by atoms with Crippen molar-refractivity contribution in [2.75, 3.05) is 0 Å². The zero-order valence-corrected chi connectivity index (χ0v) is 36.6. The molecule has 0 saturated carbocycles. The second-order valence-electron chi connectivity index (χ2n) is 17.7. The van der Waals surface area contributed by atoms with Crippen molar-refractivity contribution in [1.29, 1.82) is 0 Å². The average Bonchev–Trinajstić information content (AvgIpc) is 4.24. The van der Waals surface area contributed by atoms with E-state index in [0.29, 0.717) is 21.0 Å². The predicted molar refractivity (Wildman–Crippen MR) is 275 cm³/mol. The molecule has 10 aromatic carbocycles. The fourth-order valence-electron chi connectivity index (χ4n) is 11.3. The van der Waals surface area contributed by atoms with Crippen LogP contribution in [0.2, 0.25) is 0 Å². The molecule has 0 unspecified atom stereocenters. The summed E-state index contributed by atoms with van der Waals surface area (Å²) < 4.78 is 45.6. The summed E-state index contributed by atoms with van der Waals surface area (Å²) in [6, 6.07) is 66.5. The molecule has 6 aromatic heterocycles. The summed E-state index contributed by atoms with van der Waals surface area (Å²) in [5.41, 5.74) is 12.6. The Morgan fingerprint density at radius 3 is 0.897 bits per heavy atom. The maximum absolute atomic E-state index is 14.9. The van der Waals surface area contributed by atoms with Gasteiger partial charge >= 0.3 is 0 Å². The number of benzene rings is 10. The highest BCUT2D eigenvalue weighted by Crippen LogP contribution is 2.45. The van der Waals surface area contributed by atoms with Crippen LogP contribution in [-0.4, -0.2) is 13.7 Å². The molecule has 0 N–H and O–H groups in total. The lowest BCUT2D eigenvalue weighted by molar-refractivity contribution is 0.595. The summed E-state index contributed by atoms with van der Waals surface area (Å²) in [6.45, 7) is 0. The number of hydrogen-bond acceptors (Lipinski definition) is 5. The Morgan fingerprint density at radius 1 is 0.279 bits per heavy atom. The van der Waals surface area contributed by atoms with E-state index in [1.807, 2.05) is 60.7 Å². The summed E-state index contributed by atoms with van der Waals surface area (Å²) >= 11 is -1.55. The molecular formula is C60H32N2O5S. The first kappa shape index (κ1) is 36.5. The molecule has 0 atom stereocenters. The van der Waals surface area contributed by atoms with Crippen molar-refractivity contribution in [3.05, 3.63) is 194 Å². The number of furan rings is 4. The van der Waals surface area contributed by atoms with Gasteiger partial charge in [0.25, 0.3) is 0 Å². The molecule has 0 saturated heterocycles. The van der Waals surface area contributed by atoms with Crippen LogP contribution in [0.15, 0.2) is 222 Å². The molecule has 16 rings (SSSR count). The van der Waals surface area contributed by atoms with Gasteiger partial charge in [0.15, 0.2) is 9.79 Å². The molecular weight excluding hydrogens is 861 g/mol. The Hall–Kier alpha value is -8.69. The zero-order valence-electron chi connectivity index (χ0n) is 35.8. The fraction of sp³-hybridized carbons (Fsp3) is 0. The highest BCUT2D eigenvalue weighted by atomic mass is 32.2. The minimum atomic E-state index is -1.55. The number of rotatable bonds is 4. The maximum atomic E-state index is 14.9. The van der Waals surface area contributed by atoms with Crippen LogP contribution in [0.25, 0.3) is 143 Å². The molecule has 0 aliphatic heterocycles. The van der Waals surface area contributed by atoms with Gasteiger partial charge in [-0.05, 0) is 109 Å². The van der Waals surface area contributed by atoms with Crippen molar-refractivity contribution in [3.63, 3.8) is 0 Å². The van der Waals surface area contributed by atoms with Gasteiger partial charge in [0.1, 0.15) is 44.7 Å². The van der Waals surface area contributed by atoms with Crippen LogP contribution >= 0.6 is 0 Å². The largest absolute Gasteiger partial charge is 0.606 e. The van der Waals surface area contributed by atoms with Gasteiger partial charge in [0.05, 0.1) is 22.1 Å². The van der Waals surface area contributed by atoms with Gasteiger partial charge in [-0.25, -0.2) is 0 Å². The Morgan fingerprint density at radius 2 is 0.559 bits per heavy atom. The molecule has 0 aliphatic carbocycles. The molecule has 0 fully saturated rings. The first-order chi connectivity index (χ1) is 33.6. The lowest BCUT2D eigenvalue weighted by Gasteiger charge is -2.10. The third-order valence-corrected chi connectivity index (χ3v) is 15.5. The summed E-state index contributed by atoms with van der Waals surface area (Å²) in [4.78, 5) is 1.33. The molecule has 16 aromatic rings. The quantitative estimate of drug-likeness (QED) is 0.164. The highest BCUT2D eigenvalue weighted by molar-refractivity contribution is 7.91. The van der Waals surface area contributed by atoms with E-state index in [1.165, 1.54) is 21.5 Å². The molecule has 6 heterocycles. The Bertz CT molecular complexity index is 4430. The summed E-state index contributed by atoms with van der Waals surface area (Å²) in [6.07, 6.45) is 0. The van der Waals surface area contributed by atoms with Crippen LogP contribution in [0.4, 0.5) is 0 Å². The highest BCUT2D eigenvalue weighted by Gasteiger charge is 2.25. The third-order valence-electron chi connectivity index (χ3n) is 14.1. The van der Waals surface area contributed by atoms with Gasteiger partial charge in [0, 0.05) is 99.3 Å². The van der Waals surface area contributed by atoms with E-state index in [-0.39, 0.29) is 0 Å². The van der Waals surface area contributed by atoms with E-state index in [2.05, 4.69) is 143 Å². The van der Waals surface area contributed by atoms with E-state index < -0.39 is 11.2 Å². The first-order valence-corrected chi connectivity index (χ1v) is 23.8. The topological polar surface area (TPSA) is 85.5 Å². The smallest absolute Gasteiger partial charge is 0.159 e. The Kier molecular flexibility index (Phi) is 7.11. The van der Waals surface area contributed by atoms with Crippen molar-refractivity contribution in [2.24, 2.45) is 0 Å². The Balaban J connectivity index is 0.851. The SMILES string of the molecule is [O-][S+](c1ccc2oc3ccc4oc5ccc(-n6c7ccccc7c7ccccc76)cc5c4c3c2c1)c1ccc2oc3ccc4oc5ccc(-n6c7ccccc7c7ccccc76)cc5c4c3c2c1. The van der Waals surface area contributed by atoms with Gasteiger partial charge in [0.2, 0.25) is 0 Å². The fourth-order valence-corrected chi connectivity index (χ4v) is 12.4. The summed E-state index contributed by atoms with van der Waals surface area (Å²) in [7, 11) is 0. The summed E-state index contributed by atoms with van der Waals surface area (Å²) in [5, 5.41) is 12.3. The van der Waals surface area contributed by atoms with E-state index >= 15 is 0 Å². The molecule has 68 heavy (non-hydrogen) atoms. The van der Waals surface area contributed by atoms with Crippen molar-refractivity contribution in [1.82, 2.24) is 9.13 Å². The zero-order chi connectivity index (χ0) is 44.4. The second-order valence-corrected chi connectivity index (χ2v) is 19.2. The van der Waals surface area contributed by atoms with Crippen LogP contribution in [0.1, 0.15) is 0 Å². The molecule has 7 nitrogen and oxygen atoms in total. The lowest BCUT2D eigenvalue weighted by Crippen LogP contribution is -2.01. The van der Waals surface area contributed by atoms with Crippen molar-refractivity contribution < 1.29 is 22.2 Å². The number of aromatic nitrogens is 2. The van der Waals surface area contributed by atoms with Crippen LogP contribution in [0.5, 0.6) is 0 Å². The minimum absolute atomic E-state index is 0.665. The van der Waals surface area contributed by atoms with E-state index in [0.717, 1.165) is 110 Å². The lowest BCUT2D eigenvalue weighted by atomic mass is 10.0. The van der Waals surface area contributed by atoms with Crippen molar-refractivity contribution >= 4 is 143 Å². The number of para-hydroxylation sites is 4. The van der Waals surface area contributed by atoms with Crippen LogP contribution in [0.3, 0.4) is 0 Å². The first-order valence-electron chi connectivity index (χ1n) is 22.6. The molecule has 318 valence electrons. The maximum Gasteiger partial charge on any atom is 0.159 e. The second kappa shape index (κ2) is 13.2. The van der Waals surface area contributed by atoms with Gasteiger partial charge in [-0.1, -0.05) is 72.8 Å². The average molecular weight is 893 g/mol. The van der Waals surface area contributed by atoms with Gasteiger partial charge in [-0.15, -0.1) is 0 Å². The van der Waals surface area contributed by atoms with E-state index in [9.17, 15) is 4.55 Å². The molecule has 8 heteroatoms. The number of fused-ring (bicyclic) bond motifs is 20. The predicted octanol–water partition coefficient (Wildman–Crippen LogP) is 16.6. The van der Waals surface area contributed by atoms with Crippen LogP contribution < -0.4 is 0 Å². The van der Waals surface area contributed by atoms with Gasteiger partial charge < -0.3 is 31.4 Å². The molecule has 0 aliphatic rings. The van der Waals surface area contributed by atoms with Gasteiger partial charge in [-0.3, -0.25) is 0 Å². The van der Waals surface area contributed by atoms with Crippen LogP contribution in [-0.2, 0) is 11.2 Å². The Labute approximate surface area is 387 Å². The van der Waals surface area contributed by atoms with E-state index in [4.69, 9.17) is 17.7 Å². The minimum Gasteiger partial charge on any atom is -0.606 e. The van der Waals surface area contributed by atoms with E-state index in [1.54, 1.807) is 0 Å². The van der Waals surface area contributed by atoms with Gasteiger partial charge in [-0.2, -0.15) is 0 Å². The van der Waals surface area contributed by atoms with Crippen LogP contribution in [0, 0.1) is 0 Å².